The van der Waals surface area contributed by atoms with Crippen molar-refractivity contribution in [1.82, 2.24) is 5.32 Å². The molecule has 1 aromatic carbocycles. The molecule has 0 aliphatic carbocycles. The summed E-state index contributed by atoms with van der Waals surface area (Å²) in [5.74, 6) is 0.468. The number of carbonyl (C=O) groups excluding carboxylic acids is 1. The van der Waals surface area contributed by atoms with E-state index in [1.54, 1.807) is 31.4 Å². The lowest BCUT2D eigenvalue weighted by Gasteiger charge is -2.16. The number of nitrogens with two attached hydrogens (primary N) is 1. The first-order valence-corrected chi connectivity index (χ1v) is 7.09. The molecule has 1 aliphatic rings. The highest BCUT2D eigenvalue weighted by Gasteiger charge is 2.29. The molecule has 1 heterocycles. The fourth-order valence-corrected chi connectivity index (χ4v) is 2.35. The zero-order chi connectivity index (χ0) is 15.2. The monoisotopic (exact) mass is 330 g/mol. The number of benzene rings is 1. The average molecular weight is 331 g/mol. The van der Waals surface area contributed by atoms with Crippen LogP contribution in [0.3, 0.4) is 0 Å². The Labute approximate surface area is 136 Å². The van der Waals surface area contributed by atoms with Crippen LogP contribution in [0.25, 0.3) is 0 Å². The van der Waals surface area contributed by atoms with Gasteiger partial charge in [-0.1, -0.05) is 12.1 Å². The fourth-order valence-electron chi connectivity index (χ4n) is 2.35. The Kier molecular flexibility index (Phi) is 7.61. The minimum atomic E-state index is -0.782. The smallest absolute Gasteiger partial charge is 0.249 e. The Morgan fingerprint density at radius 1 is 1.55 bits per heavy atom. The van der Waals surface area contributed by atoms with E-state index in [1.807, 2.05) is 0 Å². The lowest BCUT2D eigenvalue weighted by Crippen LogP contribution is -2.37. The van der Waals surface area contributed by atoms with Gasteiger partial charge in [-0.05, 0) is 30.5 Å². The van der Waals surface area contributed by atoms with Gasteiger partial charge < -0.3 is 25.6 Å². The lowest BCUT2D eigenvalue weighted by molar-refractivity contribution is -0.132. The molecule has 0 saturated carbocycles. The second-order valence-electron chi connectivity index (χ2n) is 5.10. The molecule has 3 atom stereocenters. The minimum Gasteiger partial charge on any atom is -0.497 e. The molecule has 1 aromatic rings. The van der Waals surface area contributed by atoms with Crippen molar-refractivity contribution in [2.75, 3.05) is 20.2 Å². The SMILES string of the molecule is COc1cccc(C(O)CNC(=O)[C@@H]2CC[C@H](CN)O2)c1.Cl. The molecule has 1 aliphatic heterocycles. The Morgan fingerprint density at radius 3 is 2.95 bits per heavy atom. The second kappa shape index (κ2) is 8.95. The minimum absolute atomic E-state index is 0. The van der Waals surface area contributed by atoms with Crippen LogP contribution in [0, 0.1) is 0 Å². The molecule has 22 heavy (non-hydrogen) atoms. The highest BCUT2D eigenvalue weighted by molar-refractivity contribution is 5.85. The molecule has 124 valence electrons. The third-order valence-corrected chi connectivity index (χ3v) is 3.61. The molecule has 0 aromatic heterocycles. The first-order valence-electron chi connectivity index (χ1n) is 7.09. The molecule has 1 amide bonds. The molecular weight excluding hydrogens is 308 g/mol. The van der Waals surface area contributed by atoms with Gasteiger partial charge in [-0.3, -0.25) is 4.79 Å². The summed E-state index contributed by atoms with van der Waals surface area (Å²) in [4.78, 5) is 12.0. The molecule has 0 spiro atoms. The second-order valence-corrected chi connectivity index (χ2v) is 5.10. The summed E-state index contributed by atoms with van der Waals surface area (Å²) in [6.45, 7) is 0.565. The average Bonchev–Trinajstić information content (AvgIpc) is 3.01. The van der Waals surface area contributed by atoms with Gasteiger partial charge in [-0.2, -0.15) is 0 Å². The molecule has 0 bridgehead atoms. The van der Waals surface area contributed by atoms with Gasteiger partial charge >= 0.3 is 0 Å². The third kappa shape index (κ3) is 4.84. The third-order valence-electron chi connectivity index (χ3n) is 3.61. The maximum Gasteiger partial charge on any atom is 0.249 e. The zero-order valence-corrected chi connectivity index (χ0v) is 13.3. The lowest BCUT2D eigenvalue weighted by atomic mass is 10.1. The zero-order valence-electron chi connectivity index (χ0n) is 12.5. The van der Waals surface area contributed by atoms with Gasteiger partial charge in [0.05, 0.1) is 19.3 Å². The van der Waals surface area contributed by atoms with E-state index < -0.39 is 12.2 Å². The summed E-state index contributed by atoms with van der Waals surface area (Å²) in [6, 6.07) is 7.13. The van der Waals surface area contributed by atoms with Crippen LogP contribution in [-0.2, 0) is 9.53 Å². The summed E-state index contributed by atoms with van der Waals surface area (Å²) in [6.07, 6.45) is 0.187. The summed E-state index contributed by atoms with van der Waals surface area (Å²) in [5, 5.41) is 12.8. The molecule has 2 rings (SSSR count). The van der Waals surface area contributed by atoms with E-state index in [-0.39, 0.29) is 31.0 Å². The number of aliphatic hydroxyl groups is 1. The number of hydrogen-bond acceptors (Lipinski definition) is 5. The largest absolute Gasteiger partial charge is 0.497 e. The molecule has 1 fully saturated rings. The number of rotatable bonds is 6. The normalized spacial score (nSPS) is 21.8. The van der Waals surface area contributed by atoms with Crippen molar-refractivity contribution < 1.29 is 19.4 Å². The predicted octanol–water partition coefficient (Wildman–Crippen LogP) is 0.773. The van der Waals surface area contributed by atoms with Crippen LogP contribution >= 0.6 is 12.4 Å². The van der Waals surface area contributed by atoms with Gasteiger partial charge in [0.15, 0.2) is 0 Å². The highest BCUT2D eigenvalue weighted by atomic mass is 35.5. The molecule has 7 heteroatoms. The Balaban J connectivity index is 0.00000242. The Bertz CT molecular complexity index is 486. The maximum absolute atomic E-state index is 12.0. The number of nitrogens with one attached hydrogen (secondary N) is 1. The van der Waals surface area contributed by atoms with Crippen molar-refractivity contribution in [3.8, 4) is 5.75 Å². The van der Waals surface area contributed by atoms with Crippen molar-refractivity contribution in [2.45, 2.75) is 31.2 Å². The van der Waals surface area contributed by atoms with Crippen LogP contribution in [0.5, 0.6) is 5.75 Å². The van der Waals surface area contributed by atoms with E-state index >= 15 is 0 Å². The van der Waals surface area contributed by atoms with Gasteiger partial charge in [0.2, 0.25) is 5.91 Å². The van der Waals surface area contributed by atoms with E-state index in [2.05, 4.69) is 5.32 Å². The topological polar surface area (TPSA) is 93.8 Å². The number of carbonyl (C=O) groups is 1. The van der Waals surface area contributed by atoms with E-state index in [1.165, 1.54) is 0 Å². The first kappa shape index (κ1) is 18.7. The van der Waals surface area contributed by atoms with Gasteiger partial charge in [-0.15, -0.1) is 12.4 Å². The number of halogens is 1. The molecule has 4 N–H and O–H groups in total. The Morgan fingerprint density at radius 2 is 2.32 bits per heavy atom. The summed E-state index contributed by atoms with van der Waals surface area (Å²) < 4.78 is 10.6. The van der Waals surface area contributed by atoms with E-state index in [0.717, 1.165) is 6.42 Å². The van der Waals surface area contributed by atoms with Crippen molar-refractivity contribution in [1.29, 1.82) is 0 Å². The number of ether oxygens (including phenoxy) is 2. The molecule has 1 saturated heterocycles. The summed E-state index contributed by atoms with van der Waals surface area (Å²) in [5.41, 5.74) is 6.21. The standard InChI is InChI=1S/C15H22N2O4.ClH/c1-20-11-4-2-3-10(7-11)13(18)9-17-15(19)14-6-5-12(8-16)21-14;/h2-4,7,12-14,18H,5-6,8-9,16H2,1H3,(H,17,19);1H/t12-,13?,14+;/m1./s1. The van der Waals surface area contributed by atoms with Gasteiger partial charge in [0, 0.05) is 13.1 Å². The summed E-state index contributed by atoms with van der Waals surface area (Å²) >= 11 is 0. The van der Waals surface area contributed by atoms with Gasteiger partial charge in [-0.25, -0.2) is 0 Å². The van der Waals surface area contributed by atoms with E-state index in [9.17, 15) is 9.90 Å². The number of methoxy groups -OCH3 is 1. The predicted molar refractivity (Wildman–Crippen MR) is 85.2 cm³/mol. The van der Waals surface area contributed by atoms with Crippen LogP contribution in [0.4, 0.5) is 0 Å². The van der Waals surface area contributed by atoms with Crippen LogP contribution in [0.1, 0.15) is 24.5 Å². The summed E-state index contributed by atoms with van der Waals surface area (Å²) in [7, 11) is 1.57. The number of aliphatic hydroxyl groups excluding tert-OH is 1. The van der Waals surface area contributed by atoms with Crippen molar-refractivity contribution in [3.63, 3.8) is 0 Å². The van der Waals surface area contributed by atoms with Crippen LogP contribution in [0.15, 0.2) is 24.3 Å². The fraction of sp³-hybridized carbons (Fsp3) is 0.533. The number of amides is 1. The Hall–Kier alpha value is -1.34. The first-order chi connectivity index (χ1) is 10.1. The van der Waals surface area contributed by atoms with Crippen molar-refractivity contribution in [3.05, 3.63) is 29.8 Å². The number of hydrogen-bond donors (Lipinski definition) is 3. The highest BCUT2D eigenvalue weighted by Crippen LogP contribution is 2.20. The van der Waals surface area contributed by atoms with Crippen molar-refractivity contribution in [2.24, 2.45) is 5.73 Å². The van der Waals surface area contributed by atoms with E-state index in [4.69, 9.17) is 15.2 Å². The van der Waals surface area contributed by atoms with E-state index in [0.29, 0.717) is 24.3 Å². The van der Waals surface area contributed by atoms with Crippen LogP contribution < -0.4 is 15.8 Å². The van der Waals surface area contributed by atoms with Gasteiger partial charge in [0.25, 0.3) is 0 Å². The molecule has 6 nitrogen and oxygen atoms in total. The molecule has 0 radical (unpaired) electrons. The quantitative estimate of drug-likeness (QED) is 0.716. The molecular formula is C15H23ClN2O4. The molecule has 1 unspecified atom stereocenters. The maximum atomic E-state index is 12.0. The van der Waals surface area contributed by atoms with Crippen LogP contribution in [-0.4, -0.2) is 43.4 Å². The van der Waals surface area contributed by atoms with Crippen molar-refractivity contribution >= 4 is 18.3 Å². The van der Waals surface area contributed by atoms with Crippen LogP contribution in [0.2, 0.25) is 0 Å². The van der Waals surface area contributed by atoms with Gasteiger partial charge in [0.1, 0.15) is 11.9 Å².